The molecule has 0 radical (unpaired) electrons. The van der Waals surface area contributed by atoms with E-state index in [1.165, 1.54) is 5.57 Å². The van der Waals surface area contributed by atoms with Crippen molar-refractivity contribution in [3.8, 4) is 0 Å². The Balaban J connectivity index is 2.69. The minimum atomic E-state index is 0.507. The molecule has 0 amide bonds. The summed E-state index contributed by atoms with van der Waals surface area (Å²) >= 11 is 3.45. The molecular formula is C6H7Br. The Morgan fingerprint density at radius 3 is 2.57 bits per heavy atom. The highest BCUT2D eigenvalue weighted by molar-refractivity contribution is 9.09. The molecule has 0 aromatic rings. The van der Waals surface area contributed by atoms with Crippen LogP contribution in [0.5, 0.6) is 0 Å². The van der Waals surface area contributed by atoms with E-state index in [0.717, 1.165) is 0 Å². The van der Waals surface area contributed by atoms with Crippen molar-refractivity contribution in [2.24, 2.45) is 0 Å². The summed E-state index contributed by atoms with van der Waals surface area (Å²) in [6.07, 6.45) is 6.30. The van der Waals surface area contributed by atoms with E-state index in [1.807, 2.05) is 0 Å². The van der Waals surface area contributed by atoms with Gasteiger partial charge in [-0.1, -0.05) is 39.7 Å². The molecule has 1 heteroatoms. The molecule has 0 fully saturated rings. The zero-order chi connectivity index (χ0) is 5.28. The van der Waals surface area contributed by atoms with Crippen molar-refractivity contribution in [3.05, 3.63) is 23.8 Å². The fraction of sp³-hybridized carbons (Fsp3) is 0.333. The van der Waals surface area contributed by atoms with Gasteiger partial charge in [-0.3, -0.25) is 0 Å². The largest absolute Gasteiger partial charge is 0.0797 e. The molecule has 7 heavy (non-hydrogen) atoms. The van der Waals surface area contributed by atoms with E-state index in [-0.39, 0.29) is 0 Å². The summed E-state index contributed by atoms with van der Waals surface area (Å²) in [4.78, 5) is 0.507. The van der Waals surface area contributed by atoms with E-state index in [1.54, 1.807) is 0 Å². The van der Waals surface area contributed by atoms with Crippen LogP contribution in [0.3, 0.4) is 0 Å². The average molecular weight is 159 g/mol. The molecule has 0 nitrogen and oxygen atoms in total. The van der Waals surface area contributed by atoms with Gasteiger partial charge in [0.15, 0.2) is 0 Å². The van der Waals surface area contributed by atoms with Gasteiger partial charge < -0.3 is 0 Å². The molecule has 1 aliphatic carbocycles. The topological polar surface area (TPSA) is 0 Å². The second-order valence-corrected chi connectivity index (χ2v) is 2.68. The van der Waals surface area contributed by atoms with Gasteiger partial charge in [0.25, 0.3) is 0 Å². The minimum Gasteiger partial charge on any atom is -0.0797 e. The van der Waals surface area contributed by atoms with E-state index >= 15 is 0 Å². The second kappa shape index (κ2) is 1.83. The smallest absolute Gasteiger partial charge is 0.0538 e. The zero-order valence-electron chi connectivity index (χ0n) is 4.19. The molecule has 1 unspecified atom stereocenters. The zero-order valence-corrected chi connectivity index (χ0v) is 5.77. The van der Waals surface area contributed by atoms with Crippen molar-refractivity contribution in [3.63, 3.8) is 0 Å². The van der Waals surface area contributed by atoms with Crippen molar-refractivity contribution in [1.29, 1.82) is 0 Å². The van der Waals surface area contributed by atoms with Gasteiger partial charge >= 0.3 is 0 Å². The molecule has 0 saturated carbocycles. The number of hydrogen-bond donors (Lipinski definition) is 0. The SMILES string of the molecule is CC1=CC=CC1Br. The Bertz CT molecular complexity index is 122. The predicted molar refractivity (Wildman–Crippen MR) is 35.6 cm³/mol. The first-order valence-electron chi connectivity index (χ1n) is 2.30. The van der Waals surface area contributed by atoms with Gasteiger partial charge in [-0.15, -0.1) is 0 Å². The summed E-state index contributed by atoms with van der Waals surface area (Å²) in [5.41, 5.74) is 1.39. The van der Waals surface area contributed by atoms with Gasteiger partial charge in [0, 0.05) is 0 Å². The fourth-order valence-corrected chi connectivity index (χ4v) is 0.877. The molecule has 1 aliphatic rings. The molecule has 0 heterocycles. The minimum absolute atomic E-state index is 0.507. The first kappa shape index (κ1) is 5.10. The second-order valence-electron chi connectivity index (χ2n) is 1.70. The lowest BCUT2D eigenvalue weighted by Crippen LogP contribution is -1.86. The highest BCUT2D eigenvalue weighted by atomic mass is 79.9. The van der Waals surface area contributed by atoms with Gasteiger partial charge in [-0.25, -0.2) is 0 Å². The summed E-state index contributed by atoms with van der Waals surface area (Å²) in [5, 5.41) is 0. The lowest BCUT2D eigenvalue weighted by molar-refractivity contribution is 1.29. The van der Waals surface area contributed by atoms with E-state index in [4.69, 9.17) is 0 Å². The highest BCUT2D eigenvalue weighted by Crippen LogP contribution is 2.17. The standard InChI is InChI=1S/C6H7Br/c1-5-3-2-4-6(5)7/h2-4,6H,1H3. The number of rotatable bonds is 0. The van der Waals surface area contributed by atoms with Crippen molar-refractivity contribution in [2.45, 2.75) is 11.8 Å². The molecule has 38 valence electrons. The molecular weight excluding hydrogens is 152 g/mol. The van der Waals surface area contributed by atoms with Crippen molar-refractivity contribution < 1.29 is 0 Å². The molecule has 0 bridgehead atoms. The number of halogens is 1. The van der Waals surface area contributed by atoms with Gasteiger partial charge in [0.1, 0.15) is 0 Å². The van der Waals surface area contributed by atoms with Crippen LogP contribution < -0.4 is 0 Å². The Hall–Kier alpha value is -0.0400. The fourth-order valence-electron chi connectivity index (χ4n) is 0.549. The summed E-state index contributed by atoms with van der Waals surface area (Å²) in [5.74, 6) is 0. The molecule has 0 saturated heterocycles. The van der Waals surface area contributed by atoms with Gasteiger partial charge in [-0.2, -0.15) is 0 Å². The molecule has 0 N–H and O–H groups in total. The Kier molecular flexibility index (Phi) is 1.33. The third-order valence-electron chi connectivity index (χ3n) is 1.07. The highest BCUT2D eigenvalue weighted by Gasteiger charge is 2.02. The molecule has 1 atom stereocenters. The molecule has 0 aliphatic heterocycles. The van der Waals surface area contributed by atoms with E-state index in [0.29, 0.717) is 4.83 Å². The molecule has 0 spiro atoms. The maximum Gasteiger partial charge on any atom is 0.0538 e. The van der Waals surface area contributed by atoms with E-state index in [9.17, 15) is 0 Å². The summed E-state index contributed by atoms with van der Waals surface area (Å²) in [6, 6.07) is 0. The first-order chi connectivity index (χ1) is 3.30. The number of alkyl halides is 1. The van der Waals surface area contributed by atoms with Crippen LogP contribution >= 0.6 is 15.9 Å². The normalized spacial score (nSPS) is 28.3. The van der Waals surface area contributed by atoms with Crippen LogP contribution in [0.15, 0.2) is 23.8 Å². The predicted octanol–water partition coefficient (Wildman–Crippen LogP) is 2.27. The molecule has 0 aromatic heterocycles. The lowest BCUT2D eigenvalue weighted by Gasteiger charge is -1.94. The third-order valence-corrected chi connectivity index (χ3v) is 2.10. The van der Waals surface area contributed by atoms with Crippen LogP contribution in [0.1, 0.15) is 6.92 Å². The number of hydrogen-bond acceptors (Lipinski definition) is 0. The maximum absolute atomic E-state index is 3.45. The van der Waals surface area contributed by atoms with Gasteiger partial charge in [0.2, 0.25) is 0 Å². The summed E-state index contributed by atoms with van der Waals surface area (Å²) in [6.45, 7) is 2.11. The number of allylic oxidation sites excluding steroid dienone is 4. The van der Waals surface area contributed by atoms with Gasteiger partial charge in [-0.05, 0) is 6.92 Å². The van der Waals surface area contributed by atoms with Crippen LogP contribution in [0.4, 0.5) is 0 Å². The van der Waals surface area contributed by atoms with E-state index < -0.39 is 0 Å². The van der Waals surface area contributed by atoms with Crippen molar-refractivity contribution in [1.82, 2.24) is 0 Å². The van der Waals surface area contributed by atoms with Gasteiger partial charge in [0.05, 0.1) is 4.83 Å². The molecule has 0 aromatic carbocycles. The van der Waals surface area contributed by atoms with Crippen LogP contribution in [-0.4, -0.2) is 4.83 Å². The monoisotopic (exact) mass is 158 g/mol. The Labute approximate surface area is 52.0 Å². The van der Waals surface area contributed by atoms with E-state index in [2.05, 4.69) is 41.1 Å². The summed E-state index contributed by atoms with van der Waals surface area (Å²) < 4.78 is 0. The van der Waals surface area contributed by atoms with Crippen LogP contribution in [0.2, 0.25) is 0 Å². The first-order valence-corrected chi connectivity index (χ1v) is 3.21. The van der Waals surface area contributed by atoms with Crippen LogP contribution in [0.25, 0.3) is 0 Å². The lowest BCUT2D eigenvalue weighted by atomic mass is 10.3. The van der Waals surface area contributed by atoms with Crippen molar-refractivity contribution >= 4 is 15.9 Å². The molecule has 1 rings (SSSR count). The Morgan fingerprint density at radius 1 is 1.71 bits per heavy atom. The van der Waals surface area contributed by atoms with Crippen molar-refractivity contribution in [2.75, 3.05) is 0 Å². The average Bonchev–Trinajstić information content (AvgIpc) is 1.91. The van der Waals surface area contributed by atoms with Crippen LogP contribution in [0, 0.1) is 0 Å². The quantitative estimate of drug-likeness (QED) is 0.475. The third kappa shape index (κ3) is 0.942. The maximum atomic E-state index is 3.45. The summed E-state index contributed by atoms with van der Waals surface area (Å²) in [7, 11) is 0. The van der Waals surface area contributed by atoms with Crippen LogP contribution in [-0.2, 0) is 0 Å². The Morgan fingerprint density at radius 2 is 2.43 bits per heavy atom.